The molecule has 1 fully saturated rings. The highest BCUT2D eigenvalue weighted by molar-refractivity contribution is 5.76. The third-order valence-electron chi connectivity index (χ3n) is 4.74. The van der Waals surface area contributed by atoms with E-state index in [1.54, 1.807) is 0 Å². The van der Waals surface area contributed by atoms with Gasteiger partial charge in [-0.25, -0.2) is 0 Å². The smallest absolute Gasteiger partial charge is 0.227 e. The SMILES string of the molecule is CC(C)c1noc(CCC(=O)N2CCN(C)[C@H](c3ccccc3)C2)n1. The molecule has 0 bridgehead atoms. The van der Waals surface area contributed by atoms with Crippen molar-refractivity contribution in [3.8, 4) is 0 Å². The Morgan fingerprint density at radius 2 is 2.04 bits per heavy atom. The highest BCUT2D eigenvalue weighted by Gasteiger charge is 2.28. The molecular formula is C19H26N4O2. The van der Waals surface area contributed by atoms with E-state index in [0.717, 1.165) is 19.6 Å². The number of piperazine rings is 1. The number of carbonyl (C=O) groups excluding carboxylic acids is 1. The van der Waals surface area contributed by atoms with Gasteiger partial charge in [-0.05, 0) is 12.6 Å². The first-order valence-corrected chi connectivity index (χ1v) is 8.90. The van der Waals surface area contributed by atoms with E-state index in [4.69, 9.17) is 4.52 Å². The van der Waals surface area contributed by atoms with E-state index in [-0.39, 0.29) is 17.9 Å². The first-order valence-electron chi connectivity index (χ1n) is 8.90. The highest BCUT2D eigenvalue weighted by Crippen LogP contribution is 2.24. The van der Waals surface area contributed by atoms with Crippen LogP contribution in [-0.2, 0) is 11.2 Å². The maximum atomic E-state index is 12.6. The van der Waals surface area contributed by atoms with E-state index >= 15 is 0 Å². The molecule has 0 spiro atoms. The monoisotopic (exact) mass is 342 g/mol. The van der Waals surface area contributed by atoms with Crippen molar-refractivity contribution in [1.29, 1.82) is 0 Å². The lowest BCUT2D eigenvalue weighted by molar-refractivity contribution is -0.134. The van der Waals surface area contributed by atoms with Crippen molar-refractivity contribution in [2.24, 2.45) is 0 Å². The van der Waals surface area contributed by atoms with Gasteiger partial charge < -0.3 is 9.42 Å². The lowest BCUT2D eigenvalue weighted by Gasteiger charge is -2.39. The molecule has 6 heteroatoms. The molecule has 1 aliphatic rings. The summed E-state index contributed by atoms with van der Waals surface area (Å²) in [6.07, 6.45) is 0.909. The van der Waals surface area contributed by atoms with Crippen molar-refractivity contribution < 1.29 is 9.32 Å². The summed E-state index contributed by atoms with van der Waals surface area (Å²) in [5, 5.41) is 3.95. The molecule has 0 unspecified atom stereocenters. The molecule has 1 atom stereocenters. The molecule has 134 valence electrons. The summed E-state index contributed by atoms with van der Waals surface area (Å²) < 4.78 is 5.23. The predicted molar refractivity (Wildman–Crippen MR) is 95.1 cm³/mol. The summed E-state index contributed by atoms with van der Waals surface area (Å²) in [6, 6.07) is 10.6. The van der Waals surface area contributed by atoms with Gasteiger partial charge in [-0.15, -0.1) is 0 Å². The first-order chi connectivity index (χ1) is 12.0. The normalized spacial score (nSPS) is 18.7. The van der Waals surface area contributed by atoms with E-state index < -0.39 is 0 Å². The lowest BCUT2D eigenvalue weighted by atomic mass is 10.0. The van der Waals surface area contributed by atoms with Gasteiger partial charge in [0, 0.05) is 38.4 Å². The minimum Gasteiger partial charge on any atom is -0.339 e. The molecule has 0 saturated carbocycles. The number of nitrogens with zero attached hydrogens (tertiary/aromatic N) is 4. The summed E-state index contributed by atoms with van der Waals surface area (Å²) in [5.41, 5.74) is 1.25. The summed E-state index contributed by atoms with van der Waals surface area (Å²) in [6.45, 7) is 6.41. The lowest BCUT2D eigenvalue weighted by Crippen LogP contribution is -2.49. The third kappa shape index (κ3) is 4.25. The van der Waals surface area contributed by atoms with Crippen molar-refractivity contribution in [3.63, 3.8) is 0 Å². The first kappa shape index (κ1) is 17.6. The number of carbonyl (C=O) groups is 1. The predicted octanol–water partition coefficient (Wildman–Crippen LogP) is 2.64. The maximum Gasteiger partial charge on any atom is 0.227 e. The van der Waals surface area contributed by atoms with Gasteiger partial charge in [0.2, 0.25) is 11.8 Å². The molecule has 25 heavy (non-hydrogen) atoms. The molecule has 1 aromatic carbocycles. The molecule has 0 N–H and O–H groups in total. The van der Waals surface area contributed by atoms with Crippen LogP contribution < -0.4 is 0 Å². The number of rotatable bonds is 5. The zero-order chi connectivity index (χ0) is 17.8. The second-order valence-electron chi connectivity index (χ2n) is 6.95. The van der Waals surface area contributed by atoms with Crippen LogP contribution in [0.1, 0.15) is 49.5 Å². The summed E-state index contributed by atoms with van der Waals surface area (Å²) in [7, 11) is 2.12. The Balaban J connectivity index is 1.58. The molecule has 3 rings (SSSR count). The van der Waals surface area contributed by atoms with Crippen LogP contribution in [0.5, 0.6) is 0 Å². The van der Waals surface area contributed by atoms with E-state index in [1.165, 1.54) is 5.56 Å². The Morgan fingerprint density at radius 3 is 2.72 bits per heavy atom. The Labute approximate surface area is 148 Å². The van der Waals surface area contributed by atoms with Crippen molar-refractivity contribution in [2.75, 3.05) is 26.7 Å². The number of amides is 1. The van der Waals surface area contributed by atoms with E-state index in [0.29, 0.717) is 24.6 Å². The Bertz CT molecular complexity index is 698. The van der Waals surface area contributed by atoms with Crippen LogP contribution in [0.4, 0.5) is 0 Å². The second-order valence-corrected chi connectivity index (χ2v) is 6.95. The topological polar surface area (TPSA) is 62.5 Å². The Hall–Kier alpha value is -2.21. The number of aryl methyl sites for hydroxylation is 1. The number of aromatic nitrogens is 2. The fourth-order valence-corrected chi connectivity index (χ4v) is 3.11. The molecule has 0 radical (unpaired) electrons. The summed E-state index contributed by atoms with van der Waals surface area (Å²) in [5.74, 6) is 1.63. The van der Waals surface area contributed by atoms with Crippen molar-refractivity contribution >= 4 is 5.91 Å². The maximum absolute atomic E-state index is 12.6. The average Bonchev–Trinajstić information content (AvgIpc) is 3.10. The van der Waals surface area contributed by atoms with Gasteiger partial charge in [-0.3, -0.25) is 9.69 Å². The van der Waals surface area contributed by atoms with Crippen molar-refractivity contribution in [3.05, 3.63) is 47.6 Å². The third-order valence-corrected chi connectivity index (χ3v) is 4.74. The standard InChI is InChI=1S/C19H26N4O2/c1-14(2)19-20-17(25-21-19)9-10-18(24)23-12-11-22(3)16(13-23)15-7-5-4-6-8-15/h4-8,14,16H,9-13H2,1-3H3/t16-/m0/s1. The van der Waals surface area contributed by atoms with Crippen LogP contribution in [0.15, 0.2) is 34.9 Å². The number of hydrogen-bond donors (Lipinski definition) is 0. The van der Waals surface area contributed by atoms with Crippen LogP contribution in [0.2, 0.25) is 0 Å². The Kier molecular flexibility index (Phi) is 5.48. The molecule has 1 aromatic heterocycles. The van der Waals surface area contributed by atoms with E-state index in [9.17, 15) is 4.79 Å². The van der Waals surface area contributed by atoms with E-state index in [1.807, 2.05) is 36.9 Å². The largest absolute Gasteiger partial charge is 0.339 e. The number of hydrogen-bond acceptors (Lipinski definition) is 5. The zero-order valence-corrected chi connectivity index (χ0v) is 15.2. The summed E-state index contributed by atoms with van der Waals surface area (Å²) >= 11 is 0. The molecule has 2 aromatic rings. The minimum absolute atomic E-state index is 0.151. The van der Waals surface area contributed by atoms with Crippen LogP contribution >= 0.6 is 0 Å². The molecule has 1 aliphatic heterocycles. The summed E-state index contributed by atoms with van der Waals surface area (Å²) in [4.78, 5) is 21.2. The quantitative estimate of drug-likeness (QED) is 0.836. The Morgan fingerprint density at radius 1 is 1.28 bits per heavy atom. The van der Waals surface area contributed by atoms with Gasteiger partial charge in [0.15, 0.2) is 5.82 Å². The van der Waals surface area contributed by atoms with Crippen LogP contribution in [0, 0.1) is 0 Å². The van der Waals surface area contributed by atoms with Crippen LogP contribution in [-0.4, -0.2) is 52.5 Å². The number of benzene rings is 1. The second kappa shape index (κ2) is 7.78. The van der Waals surface area contributed by atoms with Crippen LogP contribution in [0.3, 0.4) is 0 Å². The fraction of sp³-hybridized carbons (Fsp3) is 0.526. The van der Waals surface area contributed by atoms with E-state index in [2.05, 4.69) is 34.2 Å². The van der Waals surface area contributed by atoms with Gasteiger partial charge in [-0.2, -0.15) is 4.98 Å². The average molecular weight is 342 g/mol. The van der Waals surface area contributed by atoms with Gasteiger partial charge >= 0.3 is 0 Å². The van der Waals surface area contributed by atoms with Crippen molar-refractivity contribution in [2.45, 2.75) is 38.6 Å². The van der Waals surface area contributed by atoms with Gasteiger partial charge in [0.25, 0.3) is 0 Å². The molecule has 6 nitrogen and oxygen atoms in total. The van der Waals surface area contributed by atoms with Crippen molar-refractivity contribution in [1.82, 2.24) is 19.9 Å². The highest BCUT2D eigenvalue weighted by atomic mass is 16.5. The molecule has 1 saturated heterocycles. The van der Waals surface area contributed by atoms with Gasteiger partial charge in [0.05, 0.1) is 6.04 Å². The number of likely N-dealkylation sites (N-methyl/N-ethyl adjacent to an activating group) is 1. The molecular weight excluding hydrogens is 316 g/mol. The molecule has 0 aliphatic carbocycles. The minimum atomic E-state index is 0.151. The molecule has 2 heterocycles. The van der Waals surface area contributed by atoms with Crippen LogP contribution in [0.25, 0.3) is 0 Å². The van der Waals surface area contributed by atoms with Gasteiger partial charge in [0.1, 0.15) is 0 Å². The van der Waals surface area contributed by atoms with Gasteiger partial charge in [-0.1, -0.05) is 49.3 Å². The zero-order valence-electron chi connectivity index (χ0n) is 15.2. The fourth-order valence-electron chi connectivity index (χ4n) is 3.11. The molecule has 1 amide bonds.